The van der Waals surface area contributed by atoms with Gasteiger partial charge >= 0.3 is 0 Å². The molecule has 8 heteroatoms. The second-order valence-electron chi connectivity index (χ2n) is 8.98. The maximum Gasteiger partial charge on any atom is 0.151 e. The Hall–Kier alpha value is -2.84. The highest BCUT2D eigenvalue weighted by atomic mass is 32.1. The number of aromatic nitrogens is 5. The number of nitrogens with one attached hydrogen (secondary N) is 2. The average molecular weight is 430 g/mol. The van der Waals surface area contributed by atoms with Crippen LogP contribution in [0.4, 0.5) is 5.82 Å². The summed E-state index contributed by atoms with van der Waals surface area (Å²) in [4.78, 5) is 7.14. The van der Waals surface area contributed by atoms with Crippen LogP contribution >= 0.6 is 11.3 Å². The molecule has 7 rings (SSSR count). The van der Waals surface area contributed by atoms with Crippen molar-refractivity contribution in [2.24, 2.45) is 5.41 Å². The highest BCUT2D eigenvalue weighted by Crippen LogP contribution is 2.54. The molecular weight excluding hydrogens is 406 g/mol. The predicted molar refractivity (Wildman–Crippen MR) is 122 cm³/mol. The number of fused-ring (bicyclic) bond motifs is 1. The van der Waals surface area contributed by atoms with Gasteiger partial charge in [0.05, 0.1) is 27.6 Å². The summed E-state index contributed by atoms with van der Waals surface area (Å²) in [5, 5.41) is 20.1. The van der Waals surface area contributed by atoms with Crippen molar-refractivity contribution in [1.29, 1.82) is 0 Å². The molecule has 0 radical (unpaired) electrons. The Bertz CT molecular complexity index is 1250. The molecule has 4 aromatic rings. The number of benzene rings is 1. The van der Waals surface area contributed by atoms with Crippen molar-refractivity contribution in [1.82, 2.24) is 30.7 Å². The van der Waals surface area contributed by atoms with Gasteiger partial charge in [0.1, 0.15) is 0 Å². The third-order valence-electron chi connectivity index (χ3n) is 7.78. The molecule has 2 N–H and O–H groups in total. The van der Waals surface area contributed by atoms with Gasteiger partial charge in [0.15, 0.2) is 5.82 Å². The summed E-state index contributed by atoms with van der Waals surface area (Å²) in [6.07, 6.45) is 8.86. The Labute approximate surface area is 183 Å². The van der Waals surface area contributed by atoms with E-state index in [2.05, 4.69) is 54.8 Å². The van der Waals surface area contributed by atoms with Crippen molar-refractivity contribution in [3.8, 4) is 22.4 Å². The predicted octanol–water partition coefficient (Wildman–Crippen LogP) is 3.86. The molecule has 3 aliphatic rings. The number of nitrogens with zero attached hydrogens (tertiary/aromatic N) is 5. The van der Waals surface area contributed by atoms with Crippen LogP contribution in [0.15, 0.2) is 42.2 Å². The Morgan fingerprint density at radius 1 is 1.06 bits per heavy atom. The second kappa shape index (κ2) is 6.58. The van der Waals surface area contributed by atoms with E-state index in [-0.39, 0.29) is 0 Å². The molecule has 5 heterocycles. The Kier molecular flexibility index (Phi) is 3.78. The van der Waals surface area contributed by atoms with E-state index in [4.69, 9.17) is 5.10 Å². The summed E-state index contributed by atoms with van der Waals surface area (Å²) in [5.41, 5.74) is 7.46. The van der Waals surface area contributed by atoms with E-state index >= 15 is 0 Å². The molecule has 1 aromatic carbocycles. The first-order valence-electron chi connectivity index (χ1n) is 11.0. The monoisotopic (exact) mass is 429 g/mol. The minimum Gasteiger partial charge on any atom is -0.352 e. The molecule has 2 saturated heterocycles. The lowest BCUT2D eigenvalue weighted by atomic mass is 9.79. The quantitative estimate of drug-likeness (QED) is 0.515. The lowest BCUT2D eigenvalue weighted by Crippen LogP contribution is -2.39. The zero-order chi connectivity index (χ0) is 20.4. The van der Waals surface area contributed by atoms with E-state index in [9.17, 15) is 0 Å². The Morgan fingerprint density at radius 3 is 2.90 bits per heavy atom. The minimum absolute atomic E-state index is 0.456. The summed E-state index contributed by atoms with van der Waals surface area (Å²) < 4.78 is 1.14. The summed E-state index contributed by atoms with van der Waals surface area (Å²) >= 11 is 1.65. The van der Waals surface area contributed by atoms with Crippen molar-refractivity contribution in [3.63, 3.8) is 0 Å². The van der Waals surface area contributed by atoms with Gasteiger partial charge < -0.3 is 10.2 Å². The fourth-order valence-electron chi connectivity index (χ4n) is 6.35. The highest BCUT2D eigenvalue weighted by molar-refractivity contribution is 7.17. The van der Waals surface area contributed by atoms with Crippen LogP contribution in [0.1, 0.15) is 25.7 Å². The number of hydrogen-bond donors (Lipinski definition) is 2. The van der Waals surface area contributed by atoms with Gasteiger partial charge in [-0.25, -0.2) is 4.98 Å². The van der Waals surface area contributed by atoms with Gasteiger partial charge in [-0.15, -0.1) is 21.5 Å². The number of anilines is 1. The molecule has 3 aromatic heterocycles. The first-order valence-corrected chi connectivity index (χ1v) is 11.9. The van der Waals surface area contributed by atoms with Crippen molar-refractivity contribution < 1.29 is 0 Å². The maximum atomic E-state index is 4.70. The molecule has 0 amide bonds. The van der Waals surface area contributed by atoms with Crippen molar-refractivity contribution in [2.45, 2.75) is 37.8 Å². The lowest BCUT2D eigenvalue weighted by Gasteiger charge is -2.32. The van der Waals surface area contributed by atoms with Gasteiger partial charge in [-0.1, -0.05) is 12.1 Å². The fraction of sp³-hybridized carbons (Fsp3) is 0.391. The van der Waals surface area contributed by atoms with E-state index in [1.807, 2.05) is 17.9 Å². The molecule has 1 saturated carbocycles. The first-order chi connectivity index (χ1) is 15.3. The third kappa shape index (κ3) is 2.49. The lowest BCUT2D eigenvalue weighted by molar-refractivity contribution is 0.284. The van der Waals surface area contributed by atoms with Gasteiger partial charge in [0.25, 0.3) is 0 Å². The SMILES string of the molecule is c1nc2c(-c3cn[nH]c3)ccc(-c3ccc(N4CCC56CCNC5CCC46)nn3)c2s1. The van der Waals surface area contributed by atoms with Crippen molar-refractivity contribution >= 4 is 27.4 Å². The molecule has 31 heavy (non-hydrogen) atoms. The number of thiazole rings is 1. The number of H-pyrrole nitrogens is 1. The molecule has 3 fully saturated rings. The average Bonchev–Trinajstić information content (AvgIpc) is 3.60. The van der Waals surface area contributed by atoms with Crippen LogP contribution in [0.25, 0.3) is 32.6 Å². The number of hydrogen-bond acceptors (Lipinski definition) is 7. The van der Waals surface area contributed by atoms with Crippen LogP contribution in [0, 0.1) is 5.41 Å². The molecule has 3 atom stereocenters. The molecule has 1 spiro atoms. The van der Waals surface area contributed by atoms with Crippen LogP contribution < -0.4 is 10.2 Å². The third-order valence-corrected chi connectivity index (χ3v) is 8.64. The van der Waals surface area contributed by atoms with Crippen LogP contribution in [-0.2, 0) is 0 Å². The highest BCUT2D eigenvalue weighted by Gasteiger charge is 2.58. The molecule has 1 aliphatic carbocycles. The number of aromatic amines is 1. The van der Waals surface area contributed by atoms with Gasteiger partial charge in [0.2, 0.25) is 0 Å². The zero-order valence-corrected chi connectivity index (χ0v) is 17.9. The molecule has 7 nitrogen and oxygen atoms in total. The minimum atomic E-state index is 0.456. The molecule has 0 bridgehead atoms. The molecular formula is C23H23N7S. The van der Waals surface area contributed by atoms with Crippen LogP contribution in [0.5, 0.6) is 0 Å². The van der Waals surface area contributed by atoms with Gasteiger partial charge in [-0.3, -0.25) is 5.10 Å². The van der Waals surface area contributed by atoms with Crippen LogP contribution in [-0.4, -0.2) is 50.6 Å². The van der Waals surface area contributed by atoms with E-state index in [0.717, 1.165) is 45.0 Å². The first kappa shape index (κ1) is 17.8. The molecule has 3 unspecified atom stereocenters. The van der Waals surface area contributed by atoms with Gasteiger partial charge in [-0.2, -0.15) is 5.10 Å². The summed E-state index contributed by atoms with van der Waals surface area (Å²) in [5.74, 6) is 1.02. The van der Waals surface area contributed by atoms with Gasteiger partial charge in [0, 0.05) is 46.9 Å². The van der Waals surface area contributed by atoms with E-state index < -0.39 is 0 Å². The Balaban J connectivity index is 1.23. The normalized spacial score (nSPS) is 27.2. The largest absolute Gasteiger partial charge is 0.352 e. The van der Waals surface area contributed by atoms with Crippen molar-refractivity contribution in [2.75, 3.05) is 18.0 Å². The smallest absolute Gasteiger partial charge is 0.151 e. The summed E-state index contributed by atoms with van der Waals surface area (Å²) in [6, 6.07) is 9.82. The van der Waals surface area contributed by atoms with Crippen molar-refractivity contribution in [3.05, 3.63) is 42.2 Å². The van der Waals surface area contributed by atoms with Crippen LogP contribution in [0.2, 0.25) is 0 Å². The van der Waals surface area contributed by atoms with Crippen LogP contribution in [0.3, 0.4) is 0 Å². The second-order valence-corrected chi connectivity index (χ2v) is 9.84. The van der Waals surface area contributed by atoms with E-state index in [1.165, 1.54) is 32.2 Å². The Morgan fingerprint density at radius 2 is 2.03 bits per heavy atom. The topological polar surface area (TPSA) is 82.6 Å². The van der Waals surface area contributed by atoms with Gasteiger partial charge in [-0.05, 0) is 44.4 Å². The molecule has 156 valence electrons. The zero-order valence-electron chi connectivity index (χ0n) is 17.1. The number of rotatable bonds is 3. The maximum absolute atomic E-state index is 4.70. The standard InChI is InChI=1S/C23H23N7S/c1-2-16(22-21(25-13-31-22)15(1)14-11-26-27-12-14)17-3-6-20(29-28-17)30-10-8-23-7-9-24-18(23)4-5-19(23)30/h1-3,6,11-13,18-19,24H,4-5,7-10H2,(H,26,27). The van der Waals surface area contributed by atoms with E-state index in [0.29, 0.717) is 17.5 Å². The summed E-state index contributed by atoms with van der Waals surface area (Å²) in [7, 11) is 0. The fourth-order valence-corrected chi connectivity index (χ4v) is 7.19. The summed E-state index contributed by atoms with van der Waals surface area (Å²) in [6.45, 7) is 2.26. The van der Waals surface area contributed by atoms with E-state index in [1.54, 1.807) is 11.3 Å². The molecule has 2 aliphatic heterocycles.